The maximum atomic E-state index is 4.37. The van der Waals surface area contributed by atoms with Crippen molar-refractivity contribution in [1.29, 1.82) is 0 Å². The Morgan fingerprint density at radius 3 is 2.44 bits per heavy atom. The van der Waals surface area contributed by atoms with Crippen molar-refractivity contribution in [2.45, 2.75) is 23.8 Å². The fourth-order valence-electron chi connectivity index (χ4n) is 1.30. The molecule has 0 atom stereocenters. The number of halogens is 1. The van der Waals surface area contributed by atoms with Gasteiger partial charge in [-0.25, -0.2) is 4.98 Å². The summed E-state index contributed by atoms with van der Waals surface area (Å²) >= 11 is 5.25. The average Bonchev–Trinajstić information content (AvgIpc) is 2.28. The number of hydrogen-bond acceptors (Lipinski definition) is 2. The Labute approximate surface area is 108 Å². The van der Waals surface area contributed by atoms with Crippen molar-refractivity contribution < 1.29 is 0 Å². The number of nitrogens with zero attached hydrogens (tertiary/aromatic N) is 1. The maximum Gasteiger partial charge on any atom is 0.115 e. The minimum Gasteiger partial charge on any atom is -0.248 e. The number of aromatic nitrogens is 1. The van der Waals surface area contributed by atoms with Crippen molar-refractivity contribution in [3.63, 3.8) is 0 Å². The largest absolute Gasteiger partial charge is 0.248 e. The second-order valence-corrected chi connectivity index (χ2v) is 5.52. The zero-order valence-electron chi connectivity index (χ0n) is 9.20. The van der Waals surface area contributed by atoms with E-state index in [1.54, 1.807) is 11.8 Å². The Hall–Kier alpha value is -0.800. The Kier molecular flexibility index (Phi) is 3.66. The van der Waals surface area contributed by atoms with E-state index in [0.29, 0.717) is 0 Å². The van der Waals surface area contributed by atoms with Gasteiger partial charge in [0.1, 0.15) is 5.03 Å². The van der Waals surface area contributed by atoms with E-state index in [9.17, 15) is 0 Å². The van der Waals surface area contributed by atoms with Gasteiger partial charge in [0.25, 0.3) is 0 Å². The predicted molar refractivity (Wildman–Crippen MR) is 72.0 cm³/mol. The average molecular weight is 294 g/mol. The summed E-state index contributed by atoms with van der Waals surface area (Å²) in [5.74, 6) is 0. The molecular formula is C13H12BrNS. The molecule has 0 N–H and O–H groups in total. The maximum absolute atomic E-state index is 4.37. The molecule has 0 bridgehead atoms. The molecule has 1 heterocycles. The first-order valence-electron chi connectivity index (χ1n) is 5.02. The lowest BCUT2D eigenvalue weighted by molar-refractivity contribution is 1.08. The number of benzene rings is 1. The molecule has 0 amide bonds. The molecule has 82 valence electrons. The van der Waals surface area contributed by atoms with Gasteiger partial charge in [0.15, 0.2) is 0 Å². The second-order valence-electron chi connectivity index (χ2n) is 3.66. The van der Waals surface area contributed by atoms with E-state index in [1.807, 2.05) is 12.3 Å². The van der Waals surface area contributed by atoms with E-state index >= 15 is 0 Å². The van der Waals surface area contributed by atoms with Crippen molar-refractivity contribution >= 4 is 27.7 Å². The van der Waals surface area contributed by atoms with Crippen LogP contribution < -0.4 is 0 Å². The molecule has 1 aromatic carbocycles. The van der Waals surface area contributed by atoms with Crippen molar-refractivity contribution in [2.75, 3.05) is 0 Å². The van der Waals surface area contributed by atoms with Crippen LogP contribution in [0.2, 0.25) is 0 Å². The lowest BCUT2D eigenvalue weighted by atomic mass is 10.2. The van der Waals surface area contributed by atoms with Crippen LogP contribution >= 0.6 is 27.7 Å². The summed E-state index contributed by atoms with van der Waals surface area (Å²) < 4.78 is 1.08. The normalized spacial score (nSPS) is 10.4. The van der Waals surface area contributed by atoms with Gasteiger partial charge < -0.3 is 0 Å². The summed E-state index contributed by atoms with van der Waals surface area (Å²) in [6, 6.07) is 10.5. The quantitative estimate of drug-likeness (QED) is 0.802. The zero-order valence-corrected chi connectivity index (χ0v) is 11.6. The second kappa shape index (κ2) is 5.02. The topological polar surface area (TPSA) is 12.9 Å². The van der Waals surface area contributed by atoms with Gasteiger partial charge in [-0.15, -0.1) is 0 Å². The van der Waals surface area contributed by atoms with Crippen molar-refractivity contribution in [2.24, 2.45) is 0 Å². The van der Waals surface area contributed by atoms with Crippen molar-refractivity contribution in [1.82, 2.24) is 4.98 Å². The third-order valence-electron chi connectivity index (χ3n) is 2.29. The highest BCUT2D eigenvalue weighted by Crippen LogP contribution is 2.33. The summed E-state index contributed by atoms with van der Waals surface area (Å²) in [6.07, 6.45) is 1.84. The van der Waals surface area contributed by atoms with Crippen LogP contribution in [0.5, 0.6) is 0 Å². The monoisotopic (exact) mass is 293 g/mol. The summed E-state index contributed by atoms with van der Waals surface area (Å²) in [5.41, 5.74) is 2.49. The molecule has 0 aliphatic heterocycles. The molecule has 0 aliphatic carbocycles. The van der Waals surface area contributed by atoms with Gasteiger partial charge in [0, 0.05) is 11.1 Å². The van der Waals surface area contributed by atoms with Crippen LogP contribution in [0.15, 0.2) is 50.9 Å². The van der Waals surface area contributed by atoms with E-state index in [2.05, 4.69) is 59.0 Å². The van der Waals surface area contributed by atoms with Crippen LogP contribution in [0, 0.1) is 13.8 Å². The van der Waals surface area contributed by atoms with Gasteiger partial charge in [0.05, 0.1) is 4.47 Å². The first-order valence-corrected chi connectivity index (χ1v) is 6.63. The van der Waals surface area contributed by atoms with Crippen LogP contribution in [-0.2, 0) is 0 Å². The van der Waals surface area contributed by atoms with Gasteiger partial charge in [-0.05, 0) is 53.5 Å². The third-order valence-corrected chi connectivity index (χ3v) is 4.56. The Morgan fingerprint density at radius 1 is 1.06 bits per heavy atom. The fourth-order valence-corrected chi connectivity index (χ4v) is 2.64. The van der Waals surface area contributed by atoms with E-state index in [0.717, 1.165) is 9.50 Å². The Balaban J connectivity index is 2.27. The van der Waals surface area contributed by atoms with Crippen LogP contribution in [0.4, 0.5) is 0 Å². The number of hydrogen-bond donors (Lipinski definition) is 0. The van der Waals surface area contributed by atoms with Crippen molar-refractivity contribution in [3.05, 3.63) is 52.1 Å². The van der Waals surface area contributed by atoms with Gasteiger partial charge >= 0.3 is 0 Å². The van der Waals surface area contributed by atoms with E-state index < -0.39 is 0 Å². The van der Waals surface area contributed by atoms with Gasteiger partial charge in [-0.2, -0.15) is 0 Å². The molecule has 0 saturated heterocycles. The van der Waals surface area contributed by atoms with Crippen molar-refractivity contribution in [3.8, 4) is 0 Å². The highest BCUT2D eigenvalue weighted by atomic mass is 79.9. The molecule has 0 unspecified atom stereocenters. The van der Waals surface area contributed by atoms with Gasteiger partial charge in [-0.3, -0.25) is 0 Å². The Morgan fingerprint density at radius 2 is 1.75 bits per heavy atom. The van der Waals surface area contributed by atoms with Gasteiger partial charge in [0.2, 0.25) is 0 Å². The standard InChI is InChI=1S/C13H12BrNS/c1-9-3-5-11(6-4-9)16-13-12(14)10(2)7-8-15-13/h3-8H,1-2H3. The first-order chi connectivity index (χ1) is 7.66. The van der Waals surface area contributed by atoms with Crippen LogP contribution in [0.25, 0.3) is 0 Å². The van der Waals surface area contributed by atoms with E-state index in [4.69, 9.17) is 0 Å². The van der Waals surface area contributed by atoms with Crippen LogP contribution in [0.3, 0.4) is 0 Å². The molecule has 0 fully saturated rings. The number of rotatable bonds is 2. The number of aryl methyl sites for hydroxylation is 2. The molecular weight excluding hydrogens is 282 g/mol. The highest BCUT2D eigenvalue weighted by molar-refractivity contribution is 9.10. The van der Waals surface area contributed by atoms with E-state index in [1.165, 1.54) is 16.0 Å². The third kappa shape index (κ3) is 2.66. The van der Waals surface area contributed by atoms with Crippen LogP contribution in [0.1, 0.15) is 11.1 Å². The molecule has 0 spiro atoms. The molecule has 2 aromatic rings. The van der Waals surface area contributed by atoms with Gasteiger partial charge in [-0.1, -0.05) is 29.5 Å². The zero-order chi connectivity index (χ0) is 11.5. The highest BCUT2D eigenvalue weighted by Gasteiger charge is 2.05. The Bertz CT molecular complexity index is 494. The summed E-state index contributed by atoms with van der Waals surface area (Å²) in [6.45, 7) is 4.17. The SMILES string of the molecule is Cc1ccc(Sc2nccc(C)c2Br)cc1. The number of pyridine rings is 1. The molecule has 1 aromatic heterocycles. The molecule has 0 aliphatic rings. The first kappa shape index (κ1) is 11.7. The summed E-state index contributed by atoms with van der Waals surface area (Å²) in [5, 5.41) is 1.02. The van der Waals surface area contributed by atoms with E-state index in [-0.39, 0.29) is 0 Å². The molecule has 0 radical (unpaired) electrons. The fraction of sp³-hybridized carbons (Fsp3) is 0.154. The molecule has 2 rings (SSSR count). The summed E-state index contributed by atoms with van der Waals surface area (Å²) in [7, 11) is 0. The van der Waals surface area contributed by atoms with Crippen LogP contribution in [-0.4, -0.2) is 4.98 Å². The summed E-state index contributed by atoms with van der Waals surface area (Å²) in [4.78, 5) is 5.59. The minimum absolute atomic E-state index is 1.02. The molecule has 1 nitrogen and oxygen atoms in total. The molecule has 0 saturated carbocycles. The molecule has 3 heteroatoms. The lowest BCUT2D eigenvalue weighted by Gasteiger charge is -2.05. The minimum atomic E-state index is 1.02. The lowest BCUT2D eigenvalue weighted by Crippen LogP contribution is -1.85. The smallest absolute Gasteiger partial charge is 0.115 e. The predicted octanol–water partition coefficient (Wildman–Crippen LogP) is 4.61. The molecule has 16 heavy (non-hydrogen) atoms.